The van der Waals surface area contributed by atoms with Gasteiger partial charge in [-0.25, -0.2) is 8.42 Å². The Morgan fingerprint density at radius 2 is 2.00 bits per heavy atom. The van der Waals surface area contributed by atoms with Crippen LogP contribution in [-0.2, 0) is 15.4 Å². The summed E-state index contributed by atoms with van der Waals surface area (Å²) >= 11 is 0. The smallest absolute Gasteiger partial charge is 0.148 e. The predicted molar refractivity (Wildman–Crippen MR) is 82.5 cm³/mol. The van der Waals surface area contributed by atoms with E-state index >= 15 is 0 Å². The SMILES string of the molecule is CC1CNC(C)(c2ccccc2)CN1CCS(C)(=O)=O. The lowest BCUT2D eigenvalue weighted by molar-refractivity contribution is 0.101. The van der Waals surface area contributed by atoms with Gasteiger partial charge in [0.1, 0.15) is 9.84 Å². The normalized spacial score (nSPS) is 28.4. The maximum atomic E-state index is 11.4. The van der Waals surface area contributed by atoms with Gasteiger partial charge in [-0.3, -0.25) is 4.90 Å². The van der Waals surface area contributed by atoms with Gasteiger partial charge >= 0.3 is 0 Å². The Kier molecular flexibility index (Phi) is 4.52. The van der Waals surface area contributed by atoms with Gasteiger partial charge in [-0.2, -0.15) is 0 Å². The first-order valence-electron chi connectivity index (χ1n) is 7.02. The van der Waals surface area contributed by atoms with E-state index in [0.717, 1.165) is 13.1 Å². The predicted octanol–water partition coefficient (Wildman–Crippen LogP) is 1.24. The Labute approximate surface area is 122 Å². The summed E-state index contributed by atoms with van der Waals surface area (Å²) in [6.45, 7) is 6.62. The van der Waals surface area contributed by atoms with Crippen molar-refractivity contribution in [3.05, 3.63) is 35.9 Å². The van der Waals surface area contributed by atoms with E-state index in [9.17, 15) is 8.42 Å². The Bertz CT molecular complexity index is 544. The third-order valence-electron chi connectivity index (χ3n) is 4.09. The second-order valence-corrected chi connectivity index (χ2v) is 8.29. The van der Waals surface area contributed by atoms with Gasteiger partial charge in [0, 0.05) is 31.9 Å². The molecule has 0 aliphatic carbocycles. The Morgan fingerprint density at radius 3 is 2.60 bits per heavy atom. The average molecular weight is 296 g/mol. The summed E-state index contributed by atoms with van der Waals surface area (Å²) in [6.07, 6.45) is 1.30. The minimum atomic E-state index is -2.91. The number of hydrogen-bond donors (Lipinski definition) is 1. The molecule has 1 fully saturated rings. The summed E-state index contributed by atoms with van der Waals surface area (Å²) < 4.78 is 22.7. The second kappa shape index (κ2) is 5.84. The molecule has 0 bridgehead atoms. The van der Waals surface area contributed by atoms with E-state index in [1.54, 1.807) is 0 Å². The number of piperazine rings is 1. The van der Waals surface area contributed by atoms with E-state index in [-0.39, 0.29) is 11.3 Å². The summed E-state index contributed by atoms with van der Waals surface area (Å²) in [5.41, 5.74) is 1.13. The number of hydrogen-bond acceptors (Lipinski definition) is 4. The summed E-state index contributed by atoms with van der Waals surface area (Å²) in [4.78, 5) is 2.27. The molecule has 1 aliphatic rings. The molecule has 2 unspecified atom stereocenters. The molecule has 112 valence electrons. The molecule has 2 atom stereocenters. The molecule has 5 heteroatoms. The van der Waals surface area contributed by atoms with Gasteiger partial charge in [-0.05, 0) is 19.4 Å². The van der Waals surface area contributed by atoms with Crippen LogP contribution in [0.2, 0.25) is 0 Å². The van der Waals surface area contributed by atoms with E-state index in [0.29, 0.717) is 12.6 Å². The van der Waals surface area contributed by atoms with Crippen LogP contribution in [0.1, 0.15) is 19.4 Å². The fraction of sp³-hybridized carbons (Fsp3) is 0.600. The van der Waals surface area contributed by atoms with Gasteiger partial charge in [0.15, 0.2) is 0 Å². The van der Waals surface area contributed by atoms with Crippen molar-refractivity contribution >= 4 is 9.84 Å². The van der Waals surface area contributed by atoms with E-state index in [1.807, 2.05) is 18.2 Å². The quantitative estimate of drug-likeness (QED) is 0.908. The molecule has 20 heavy (non-hydrogen) atoms. The molecule has 1 N–H and O–H groups in total. The molecule has 2 rings (SSSR count). The summed E-state index contributed by atoms with van der Waals surface area (Å²) in [5, 5.41) is 3.60. The van der Waals surface area contributed by atoms with E-state index in [2.05, 4.69) is 36.2 Å². The Hall–Kier alpha value is -0.910. The molecule has 4 nitrogen and oxygen atoms in total. The third-order valence-corrected chi connectivity index (χ3v) is 5.01. The van der Waals surface area contributed by atoms with Crippen LogP contribution in [-0.4, -0.2) is 51.0 Å². The zero-order valence-electron chi connectivity index (χ0n) is 12.5. The van der Waals surface area contributed by atoms with E-state index < -0.39 is 9.84 Å². The standard InChI is InChI=1S/C15H24N2O2S/c1-13-11-16-15(2,14-7-5-4-6-8-14)12-17(13)9-10-20(3,18)19/h4-8,13,16H,9-12H2,1-3H3. The second-order valence-electron chi connectivity index (χ2n) is 6.03. The molecule has 1 aromatic rings. The van der Waals surface area contributed by atoms with Gasteiger partial charge in [0.2, 0.25) is 0 Å². The first kappa shape index (κ1) is 15.5. The highest BCUT2D eigenvalue weighted by Gasteiger charge is 2.35. The van der Waals surface area contributed by atoms with Crippen molar-refractivity contribution in [1.29, 1.82) is 0 Å². The first-order valence-corrected chi connectivity index (χ1v) is 9.08. The van der Waals surface area contributed by atoms with Gasteiger partial charge in [-0.15, -0.1) is 0 Å². The van der Waals surface area contributed by atoms with E-state index in [1.165, 1.54) is 11.8 Å². The highest BCUT2D eigenvalue weighted by molar-refractivity contribution is 7.90. The van der Waals surface area contributed by atoms with Crippen molar-refractivity contribution in [2.24, 2.45) is 0 Å². The number of rotatable bonds is 4. The Balaban J connectivity index is 2.11. The van der Waals surface area contributed by atoms with Gasteiger partial charge in [-0.1, -0.05) is 30.3 Å². The average Bonchev–Trinajstić information content (AvgIpc) is 2.40. The fourth-order valence-corrected chi connectivity index (χ4v) is 3.27. The molecular formula is C15H24N2O2S. The number of nitrogens with zero attached hydrogens (tertiary/aromatic N) is 1. The third kappa shape index (κ3) is 3.81. The van der Waals surface area contributed by atoms with Crippen molar-refractivity contribution in [2.45, 2.75) is 25.4 Å². The van der Waals surface area contributed by atoms with Crippen LogP contribution in [0.15, 0.2) is 30.3 Å². The highest BCUT2D eigenvalue weighted by atomic mass is 32.2. The van der Waals surface area contributed by atoms with Crippen LogP contribution in [0.4, 0.5) is 0 Å². The molecule has 0 saturated carbocycles. The van der Waals surface area contributed by atoms with Crippen molar-refractivity contribution in [2.75, 3.05) is 31.6 Å². The summed E-state index contributed by atoms with van der Waals surface area (Å²) in [7, 11) is -2.91. The number of benzene rings is 1. The summed E-state index contributed by atoms with van der Waals surface area (Å²) in [6, 6.07) is 10.7. The van der Waals surface area contributed by atoms with E-state index in [4.69, 9.17) is 0 Å². The monoisotopic (exact) mass is 296 g/mol. The molecule has 0 aromatic heterocycles. The molecule has 0 amide bonds. The Morgan fingerprint density at radius 1 is 1.35 bits per heavy atom. The topological polar surface area (TPSA) is 49.4 Å². The molecule has 1 saturated heterocycles. The molecule has 0 spiro atoms. The lowest BCUT2D eigenvalue weighted by Crippen LogP contribution is -2.60. The van der Waals surface area contributed by atoms with Crippen LogP contribution in [0.3, 0.4) is 0 Å². The van der Waals surface area contributed by atoms with Gasteiger partial charge < -0.3 is 5.32 Å². The molecular weight excluding hydrogens is 272 g/mol. The lowest BCUT2D eigenvalue weighted by atomic mass is 9.88. The molecule has 1 heterocycles. The van der Waals surface area contributed by atoms with Crippen LogP contribution < -0.4 is 5.32 Å². The number of sulfone groups is 1. The van der Waals surface area contributed by atoms with Crippen molar-refractivity contribution in [3.8, 4) is 0 Å². The van der Waals surface area contributed by atoms with Crippen LogP contribution >= 0.6 is 0 Å². The largest absolute Gasteiger partial charge is 0.305 e. The minimum absolute atomic E-state index is 0.120. The molecule has 1 aliphatic heterocycles. The maximum absolute atomic E-state index is 11.4. The number of nitrogens with one attached hydrogen (secondary N) is 1. The maximum Gasteiger partial charge on any atom is 0.148 e. The highest BCUT2D eigenvalue weighted by Crippen LogP contribution is 2.26. The van der Waals surface area contributed by atoms with Crippen LogP contribution in [0.25, 0.3) is 0 Å². The molecule has 0 radical (unpaired) electrons. The van der Waals surface area contributed by atoms with Crippen LogP contribution in [0.5, 0.6) is 0 Å². The van der Waals surface area contributed by atoms with Crippen molar-refractivity contribution in [3.63, 3.8) is 0 Å². The first-order chi connectivity index (χ1) is 9.30. The zero-order valence-corrected chi connectivity index (χ0v) is 13.3. The van der Waals surface area contributed by atoms with Gasteiger partial charge in [0.25, 0.3) is 0 Å². The fourth-order valence-electron chi connectivity index (χ4n) is 2.70. The molecule has 1 aromatic carbocycles. The van der Waals surface area contributed by atoms with Gasteiger partial charge in [0.05, 0.1) is 11.3 Å². The van der Waals surface area contributed by atoms with Crippen LogP contribution in [0, 0.1) is 0 Å². The van der Waals surface area contributed by atoms with Crippen molar-refractivity contribution in [1.82, 2.24) is 10.2 Å². The van der Waals surface area contributed by atoms with Crippen molar-refractivity contribution < 1.29 is 8.42 Å². The zero-order chi connectivity index (χ0) is 14.8. The lowest BCUT2D eigenvalue weighted by Gasteiger charge is -2.45. The minimum Gasteiger partial charge on any atom is -0.305 e. The summed E-state index contributed by atoms with van der Waals surface area (Å²) in [5.74, 6) is 0.224.